The van der Waals surface area contributed by atoms with Crippen LogP contribution in [0.3, 0.4) is 0 Å². The van der Waals surface area contributed by atoms with Gasteiger partial charge in [0.2, 0.25) is 5.91 Å². The molecular weight excluding hydrogens is 312 g/mol. The van der Waals surface area contributed by atoms with Gasteiger partial charge in [-0.15, -0.1) is 0 Å². The second kappa shape index (κ2) is 8.64. The molecule has 126 valence electrons. The number of rotatable bonds is 7. The van der Waals surface area contributed by atoms with E-state index in [2.05, 4.69) is 10.3 Å². The van der Waals surface area contributed by atoms with Crippen molar-refractivity contribution in [2.75, 3.05) is 0 Å². The molecule has 0 saturated heterocycles. The Morgan fingerprint density at radius 1 is 0.880 bits per heavy atom. The van der Waals surface area contributed by atoms with Gasteiger partial charge in [-0.2, -0.15) is 0 Å². The molecule has 25 heavy (non-hydrogen) atoms. The van der Waals surface area contributed by atoms with Crippen LogP contribution in [0.5, 0.6) is 11.5 Å². The molecule has 0 aliphatic rings. The minimum Gasteiger partial charge on any atom is -0.457 e. The summed E-state index contributed by atoms with van der Waals surface area (Å²) in [6.07, 6.45) is 2.83. The maximum absolute atomic E-state index is 11.9. The van der Waals surface area contributed by atoms with Crippen LogP contribution in [0.1, 0.15) is 17.7 Å². The highest BCUT2D eigenvalue weighted by Crippen LogP contribution is 2.21. The van der Waals surface area contributed by atoms with Gasteiger partial charge in [0.1, 0.15) is 11.5 Å². The second-order valence-electron chi connectivity index (χ2n) is 5.66. The lowest BCUT2D eigenvalue weighted by Gasteiger charge is -2.08. The molecule has 1 amide bonds. The molecule has 0 saturated carbocycles. The molecule has 0 radical (unpaired) electrons. The van der Waals surface area contributed by atoms with Gasteiger partial charge in [-0.3, -0.25) is 9.78 Å². The largest absolute Gasteiger partial charge is 0.457 e. The van der Waals surface area contributed by atoms with Crippen LogP contribution in [0.4, 0.5) is 0 Å². The van der Waals surface area contributed by atoms with Crippen molar-refractivity contribution >= 4 is 5.91 Å². The van der Waals surface area contributed by atoms with E-state index in [-0.39, 0.29) is 5.91 Å². The minimum absolute atomic E-state index is 0.0234. The molecule has 3 rings (SSSR count). The first kappa shape index (κ1) is 16.7. The number of nitrogens with one attached hydrogen (secondary N) is 1. The number of pyridine rings is 1. The van der Waals surface area contributed by atoms with Crippen LogP contribution in [-0.4, -0.2) is 10.9 Å². The van der Waals surface area contributed by atoms with Gasteiger partial charge in [0.25, 0.3) is 0 Å². The highest BCUT2D eigenvalue weighted by molar-refractivity contribution is 5.76. The molecule has 0 bridgehead atoms. The Bertz CT molecular complexity index is 787. The summed E-state index contributed by atoms with van der Waals surface area (Å²) in [6, 6.07) is 23.1. The lowest BCUT2D eigenvalue weighted by atomic mass is 10.2. The molecule has 0 spiro atoms. The molecule has 2 aromatic carbocycles. The zero-order valence-corrected chi connectivity index (χ0v) is 13.9. The predicted molar refractivity (Wildman–Crippen MR) is 97.4 cm³/mol. The molecule has 0 aliphatic heterocycles. The molecule has 0 fully saturated rings. The zero-order chi connectivity index (χ0) is 17.3. The third-order valence-corrected chi connectivity index (χ3v) is 3.73. The summed E-state index contributed by atoms with van der Waals surface area (Å²) in [7, 11) is 0. The van der Waals surface area contributed by atoms with E-state index in [0.717, 1.165) is 22.8 Å². The maximum atomic E-state index is 11.9. The number of hydrogen-bond donors (Lipinski definition) is 1. The van der Waals surface area contributed by atoms with Gasteiger partial charge in [0.15, 0.2) is 0 Å². The average molecular weight is 332 g/mol. The van der Waals surface area contributed by atoms with Crippen LogP contribution in [0.15, 0.2) is 79.0 Å². The van der Waals surface area contributed by atoms with Gasteiger partial charge >= 0.3 is 0 Å². The van der Waals surface area contributed by atoms with Crippen LogP contribution < -0.4 is 10.1 Å². The van der Waals surface area contributed by atoms with Crippen molar-refractivity contribution in [3.63, 3.8) is 0 Å². The SMILES string of the molecule is O=C(CCc1ccccn1)NCc1ccc(Oc2ccccc2)cc1. The fourth-order valence-electron chi connectivity index (χ4n) is 2.38. The molecule has 0 aliphatic carbocycles. The highest BCUT2D eigenvalue weighted by Gasteiger charge is 2.03. The molecule has 3 aromatic rings. The topological polar surface area (TPSA) is 51.2 Å². The number of benzene rings is 2. The third-order valence-electron chi connectivity index (χ3n) is 3.73. The second-order valence-corrected chi connectivity index (χ2v) is 5.66. The van der Waals surface area contributed by atoms with Gasteiger partial charge in [-0.1, -0.05) is 36.4 Å². The van der Waals surface area contributed by atoms with Crippen LogP contribution in [0, 0.1) is 0 Å². The van der Waals surface area contributed by atoms with Gasteiger partial charge < -0.3 is 10.1 Å². The van der Waals surface area contributed by atoms with Crippen molar-refractivity contribution in [2.45, 2.75) is 19.4 Å². The molecule has 1 aromatic heterocycles. The van der Waals surface area contributed by atoms with E-state index in [1.807, 2.05) is 72.8 Å². The summed E-state index contributed by atoms with van der Waals surface area (Å²) in [6.45, 7) is 0.507. The highest BCUT2D eigenvalue weighted by atomic mass is 16.5. The quantitative estimate of drug-likeness (QED) is 0.708. The van der Waals surface area contributed by atoms with Crippen molar-refractivity contribution in [3.8, 4) is 11.5 Å². The summed E-state index contributed by atoms with van der Waals surface area (Å²) in [5.41, 5.74) is 1.96. The predicted octanol–water partition coefficient (Wildman–Crippen LogP) is 4.12. The Morgan fingerprint density at radius 3 is 2.32 bits per heavy atom. The van der Waals surface area contributed by atoms with Crippen molar-refractivity contribution in [1.82, 2.24) is 10.3 Å². The first-order chi connectivity index (χ1) is 12.3. The van der Waals surface area contributed by atoms with Crippen molar-refractivity contribution in [3.05, 3.63) is 90.3 Å². The molecule has 1 heterocycles. The number of carbonyl (C=O) groups is 1. The summed E-state index contributed by atoms with van der Waals surface area (Å²) in [5.74, 6) is 1.60. The molecule has 0 atom stereocenters. The summed E-state index contributed by atoms with van der Waals surface area (Å²) < 4.78 is 5.75. The monoisotopic (exact) mass is 332 g/mol. The number of para-hydroxylation sites is 1. The Labute approximate surface area is 147 Å². The van der Waals surface area contributed by atoms with Crippen LogP contribution in [-0.2, 0) is 17.8 Å². The summed E-state index contributed by atoms with van der Waals surface area (Å²) >= 11 is 0. The third kappa shape index (κ3) is 5.46. The Balaban J connectivity index is 1.44. The first-order valence-corrected chi connectivity index (χ1v) is 8.28. The Morgan fingerprint density at radius 2 is 1.60 bits per heavy atom. The molecule has 4 nitrogen and oxygen atoms in total. The molecule has 0 unspecified atom stereocenters. The van der Waals surface area contributed by atoms with Crippen molar-refractivity contribution < 1.29 is 9.53 Å². The van der Waals surface area contributed by atoms with Gasteiger partial charge in [-0.25, -0.2) is 0 Å². The summed E-state index contributed by atoms with van der Waals surface area (Å²) in [4.78, 5) is 16.2. The van der Waals surface area contributed by atoms with E-state index in [9.17, 15) is 4.79 Å². The van der Waals surface area contributed by atoms with Crippen LogP contribution in [0.25, 0.3) is 0 Å². The fourth-order valence-corrected chi connectivity index (χ4v) is 2.38. The number of hydrogen-bond acceptors (Lipinski definition) is 3. The first-order valence-electron chi connectivity index (χ1n) is 8.28. The number of carbonyl (C=O) groups excluding carboxylic acids is 1. The number of aryl methyl sites for hydroxylation is 1. The molecule has 1 N–H and O–H groups in total. The number of amides is 1. The van der Waals surface area contributed by atoms with Crippen LogP contribution in [0.2, 0.25) is 0 Å². The number of nitrogens with zero attached hydrogens (tertiary/aromatic N) is 1. The normalized spacial score (nSPS) is 10.2. The van der Waals surface area contributed by atoms with Gasteiger partial charge in [-0.05, 0) is 48.4 Å². The number of aromatic nitrogens is 1. The standard InChI is InChI=1S/C21H20N2O2/c24-21(14-11-18-6-4-5-15-22-18)23-16-17-9-12-20(13-10-17)25-19-7-2-1-3-8-19/h1-10,12-13,15H,11,14,16H2,(H,23,24). The van der Waals surface area contributed by atoms with E-state index < -0.39 is 0 Å². The van der Waals surface area contributed by atoms with Gasteiger partial charge in [0, 0.05) is 24.9 Å². The molecule has 4 heteroatoms. The Hall–Kier alpha value is -3.14. The van der Waals surface area contributed by atoms with E-state index in [1.165, 1.54) is 0 Å². The molecular formula is C21H20N2O2. The average Bonchev–Trinajstić information content (AvgIpc) is 2.67. The van der Waals surface area contributed by atoms with E-state index in [0.29, 0.717) is 19.4 Å². The fraction of sp³-hybridized carbons (Fsp3) is 0.143. The Kier molecular flexibility index (Phi) is 5.77. The smallest absolute Gasteiger partial charge is 0.220 e. The van der Waals surface area contributed by atoms with E-state index in [1.54, 1.807) is 6.20 Å². The zero-order valence-electron chi connectivity index (χ0n) is 13.9. The maximum Gasteiger partial charge on any atom is 0.220 e. The lowest BCUT2D eigenvalue weighted by molar-refractivity contribution is -0.121. The number of ether oxygens (including phenoxy) is 1. The van der Waals surface area contributed by atoms with Crippen molar-refractivity contribution in [1.29, 1.82) is 0 Å². The van der Waals surface area contributed by atoms with Gasteiger partial charge in [0.05, 0.1) is 0 Å². The van der Waals surface area contributed by atoms with Crippen molar-refractivity contribution in [2.24, 2.45) is 0 Å². The van der Waals surface area contributed by atoms with Crippen LogP contribution >= 0.6 is 0 Å². The van der Waals surface area contributed by atoms with E-state index in [4.69, 9.17) is 4.74 Å². The minimum atomic E-state index is 0.0234. The van der Waals surface area contributed by atoms with E-state index >= 15 is 0 Å². The summed E-state index contributed by atoms with van der Waals surface area (Å²) in [5, 5.41) is 2.93. The lowest BCUT2D eigenvalue weighted by Crippen LogP contribution is -2.23.